The van der Waals surface area contributed by atoms with Crippen molar-refractivity contribution in [2.75, 3.05) is 5.73 Å². The fourth-order valence-corrected chi connectivity index (χ4v) is 2.06. The van der Waals surface area contributed by atoms with Gasteiger partial charge in [0, 0.05) is 5.02 Å². The minimum atomic E-state index is -0.196. The van der Waals surface area contributed by atoms with Gasteiger partial charge in [0.25, 0.3) is 5.56 Å². The molecular formula is C13H16ClN3O. The van der Waals surface area contributed by atoms with Crippen LogP contribution in [0.15, 0.2) is 29.1 Å². The van der Waals surface area contributed by atoms with Gasteiger partial charge in [-0.3, -0.25) is 9.89 Å². The van der Waals surface area contributed by atoms with E-state index in [1.54, 1.807) is 6.07 Å². The Morgan fingerprint density at radius 2 is 2.06 bits per heavy atom. The van der Waals surface area contributed by atoms with Gasteiger partial charge in [-0.25, -0.2) is 4.68 Å². The molecule has 0 aliphatic carbocycles. The average molecular weight is 266 g/mol. The van der Waals surface area contributed by atoms with Gasteiger partial charge in [-0.2, -0.15) is 0 Å². The van der Waals surface area contributed by atoms with E-state index >= 15 is 0 Å². The quantitative estimate of drug-likeness (QED) is 0.896. The van der Waals surface area contributed by atoms with Crippen molar-refractivity contribution >= 4 is 17.3 Å². The van der Waals surface area contributed by atoms with Crippen LogP contribution >= 0.6 is 11.6 Å². The van der Waals surface area contributed by atoms with Crippen molar-refractivity contribution < 1.29 is 0 Å². The lowest BCUT2D eigenvalue weighted by Crippen LogP contribution is -2.19. The highest BCUT2D eigenvalue weighted by Gasteiger charge is 2.14. The zero-order valence-electron chi connectivity index (χ0n) is 10.4. The number of aromatic amines is 1. The second-order valence-corrected chi connectivity index (χ2v) is 4.98. The Hall–Kier alpha value is -1.68. The Morgan fingerprint density at radius 1 is 1.39 bits per heavy atom. The number of nitrogens with two attached hydrogens (primary N) is 1. The van der Waals surface area contributed by atoms with Gasteiger partial charge < -0.3 is 5.73 Å². The Kier molecular flexibility index (Phi) is 3.48. The van der Waals surface area contributed by atoms with E-state index in [4.69, 9.17) is 17.3 Å². The van der Waals surface area contributed by atoms with Crippen molar-refractivity contribution in [3.8, 4) is 0 Å². The fourth-order valence-electron chi connectivity index (χ4n) is 1.87. The summed E-state index contributed by atoms with van der Waals surface area (Å²) in [6.07, 6.45) is 0. The number of anilines is 1. The molecule has 0 fully saturated rings. The molecule has 0 aliphatic heterocycles. The molecule has 18 heavy (non-hydrogen) atoms. The topological polar surface area (TPSA) is 63.8 Å². The maximum Gasteiger partial charge on any atom is 0.290 e. The van der Waals surface area contributed by atoms with E-state index in [0.717, 1.165) is 11.3 Å². The largest absolute Gasteiger partial charge is 0.393 e. The Bertz CT molecular complexity index is 613. The van der Waals surface area contributed by atoms with Crippen LogP contribution < -0.4 is 11.3 Å². The predicted octanol–water partition coefficient (Wildman–Crippen LogP) is 2.58. The third-order valence-corrected chi connectivity index (χ3v) is 3.25. The first-order chi connectivity index (χ1) is 8.50. The van der Waals surface area contributed by atoms with Gasteiger partial charge in [-0.05, 0) is 17.5 Å². The van der Waals surface area contributed by atoms with E-state index in [1.807, 2.05) is 32.0 Å². The van der Waals surface area contributed by atoms with Crippen LogP contribution in [0.2, 0.25) is 5.02 Å². The summed E-state index contributed by atoms with van der Waals surface area (Å²) in [4.78, 5) is 12.0. The van der Waals surface area contributed by atoms with Gasteiger partial charge in [0.15, 0.2) is 0 Å². The van der Waals surface area contributed by atoms with Crippen LogP contribution in [0, 0.1) is 0 Å². The zero-order chi connectivity index (χ0) is 13.3. The van der Waals surface area contributed by atoms with E-state index in [0.29, 0.717) is 11.6 Å². The summed E-state index contributed by atoms with van der Waals surface area (Å²) in [5, 5.41) is 3.69. The zero-order valence-corrected chi connectivity index (χ0v) is 11.2. The molecule has 0 unspecified atom stereocenters. The molecule has 0 spiro atoms. The molecule has 4 nitrogen and oxygen atoms in total. The molecule has 2 rings (SSSR count). The number of nitrogens with zero attached hydrogens (tertiary/aromatic N) is 1. The molecule has 0 bridgehead atoms. The summed E-state index contributed by atoms with van der Waals surface area (Å²) in [6.45, 7) is 4.37. The number of benzene rings is 1. The molecular weight excluding hydrogens is 250 g/mol. The normalized spacial score (nSPS) is 11.1. The molecule has 0 saturated heterocycles. The van der Waals surface area contributed by atoms with Crippen molar-refractivity contribution in [2.45, 2.75) is 26.3 Å². The standard InChI is InChI=1S/C13H16ClN3O/c1-8(2)12-11(15)13(18)17(16-12)7-9-5-3-4-6-10(9)14/h3-6,8,16H,7,15H2,1-2H3. The maximum absolute atomic E-state index is 12.0. The molecule has 0 radical (unpaired) electrons. The number of aromatic nitrogens is 2. The van der Waals surface area contributed by atoms with Gasteiger partial charge in [0.1, 0.15) is 5.69 Å². The van der Waals surface area contributed by atoms with Crippen molar-refractivity contribution in [3.05, 3.63) is 50.9 Å². The minimum Gasteiger partial charge on any atom is -0.393 e. The Morgan fingerprint density at radius 3 is 2.61 bits per heavy atom. The monoisotopic (exact) mass is 265 g/mol. The number of nitrogens with one attached hydrogen (secondary N) is 1. The predicted molar refractivity (Wildman–Crippen MR) is 74.1 cm³/mol. The van der Waals surface area contributed by atoms with Crippen LogP contribution in [-0.2, 0) is 6.54 Å². The highest BCUT2D eigenvalue weighted by molar-refractivity contribution is 6.31. The first-order valence-corrected chi connectivity index (χ1v) is 6.20. The van der Waals surface area contributed by atoms with Crippen LogP contribution in [0.1, 0.15) is 31.0 Å². The van der Waals surface area contributed by atoms with Gasteiger partial charge in [-0.15, -0.1) is 0 Å². The van der Waals surface area contributed by atoms with Crippen molar-refractivity contribution in [1.82, 2.24) is 9.78 Å². The van der Waals surface area contributed by atoms with Crippen LogP contribution in [0.4, 0.5) is 5.69 Å². The summed E-state index contributed by atoms with van der Waals surface area (Å²) < 4.78 is 1.49. The lowest BCUT2D eigenvalue weighted by Gasteiger charge is -2.05. The smallest absolute Gasteiger partial charge is 0.290 e. The van der Waals surface area contributed by atoms with Crippen LogP contribution in [0.3, 0.4) is 0 Å². The van der Waals surface area contributed by atoms with E-state index < -0.39 is 0 Å². The molecule has 2 aromatic rings. The van der Waals surface area contributed by atoms with Gasteiger partial charge in [0.05, 0.1) is 12.2 Å². The van der Waals surface area contributed by atoms with Gasteiger partial charge in [0.2, 0.25) is 0 Å². The number of H-pyrrole nitrogens is 1. The van der Waals surface area contributed by atoms with E-state index in [2.05, 4.69) is 5.10 Å². The molecule has 3 N–H and O–H groups in total. The summed E-state index contributed by atoms with van der Waals surface area (Å²) >= 11 is 6.08. The number of rotatable bonds is 3. The number of hydrogen-bond donors (Lipinski definition) is 2. The molecule has 1 aromatic heterocycles. The van der Waals surface area contributed by atoms with Gasteiger partial charge in [-0.1, -0.05) is 43.6 Å². The molecule has 5 heteroatoms. The molecule has 0 aliphatic rings. The number of hydrogen-bond acceptors (Lipinski definition) is 2. The number of nitrogen functional groups attached to an aromatic ring is 1. The summed E-state index contributed by atoms with van der Waals surface area (Å²) in [5.74, 6) is 0.185. The summed E-state index contributed by atoms with van der Waals surface area (Å²) in [6, 6.07) is 7.44. The first kappa shape index (κ1) is 12.8. The van der Waals surface area contributed by atoms with Crippen LogP contribution in [-0.4, -0.2) is 9.78 Å². The van der Waals surface area contributed by atoms with E-state index in [1.165, 1.54) is 4.68 Å². The van der Waals surface area contributed by atoms with Crippen LogP contribution in [0.25, 0.3) is 0 Å². The van der Waals surface area contributed by atoms with E-state index in [9.17, 15) is 4.79 Å². The third-order valence-electron chi connectivity index (χ3n) is 2.88. The van der Waals surface area contributed by atoms with Crippen molar-refractivity contribution in [2.24, 2.45) is 0 Å². The molecule has 0 amide bonds. The molecule has 0 atom stereocenters. The summed E-state index contributed by atoms with van der Waals surface area (Å²) in [7, 11) is 0. The second kappa shape index (κ2) is 4.90. The lowest BCUT2D eigenvalue weighted by molar-refractivity contribution is 0.640. The highest BCUT2D eigenvalue weighted by atomic mass is 35.5. The molecule has 1 aromatic carbocycles. The molecule has 96 valence electrons. The van der Waals surface area contributed by atoms with Crippen LogP contribution in [0.5, 0.6) is 0 Å². The van der Waals surface area contributed by atoms with Gasteiger partial charge >= 0.3 is 0 Å². The SMILES string of the molecule is CC(C)c1[nH]n(Cc2ccccc2Cl)c(=O)c1N. The number of halogens is 1. The third kappa shape index (κ3) is 2.29. The van der Waals surface area contributed by atoms with Crippen molar-refractivity contribution in [3.63, 3.8) is 0 Å². The summed E-state index contributed by atoms with van der Waals surface area (Å²) in [5.41, 5.74) is 7.55. The highest BCUT2D eigenvalue weighted by Crippen LogP contribution is 2.18. The van der Waals surface area contributed by atoms with E-state index in [-0.39, 0.29) is 17.2 Å². The van der Waals surface area contributed by atoms with Crippen molar-refractivity contribution in [1.29, 1.82) is 0 Å². The average Bonchev–Trinajstić information content (AvgIpc) is 2.60. The second-order valence-electron chi connectivity index (χ2n) is 4.58. The minimum absolute atomic E-state index is 0.185. The lowest BCUT2D eigenvalue weighted by atomic mass is 10.1. The first-order valence-electron chi connectivity index (χ1n) is 5.82. The Labute approximate surface area is 110 Å². The maximum atomic E-state index is 12.0. The molecule has 1 heterocycles. The fraction of sp³-hybridized carbons (Fsp3) is 0.308. The Balaban J connectivity index is 2.39. The molecule has 0 saturated carbocycles.